The fourth-order valence-electron chi connectivity index (χ4n) is 1.54. The Hall–Kier alpha value is -0.673. The molecular weight excluding hydrogens is 202 g/mol. The first kappa shape index (κ1) is 12.4. The van der Waals surface area contributed by atoms with Crippen molar-refractivity contribution in [3.8, 4) is 0 Å². The van der Waals surface area contributed by atoms with Gasteiger partial charge in [-0.1, -0.05) is 26.8 Å². The van der Waals surface area contributed by atoms with Gasteiger partial charge in [0.2, 0.25) is 0 Å². The minimum atomic E-state index is -1.04. The van der Waals surface area contributed by atoms with Crippen LogP contribution in [0.1, 0.15) is 32.4 Å². The van der Waals surface area contributed by atoms with Gasteiger partial charge in [0.1, 0.15) is 0 Å². The zero-order valence-electron chi connectivity index (χ0n) is 10.2. The summed E-state index contributed by atoms with van der Waals surface area (Å²) in [4.78, 5) is 4.04. The van der Waals surface area contributed by atoms with Crippen molar-refractivity contribution in [1.82, 2.24) is 4.98 Å². The molecule has 0 saturated heterocycles. The van der Waals surface area contributed by atoms with Crippen LogP contribution < -0.4 is 0 Å². The van der Waals surface area contributed by atoms with Gasteiger partial charge in [-0.25, -0.2) is 0 Å². The molecular formula is C12H20NOSi. The average molecular weight is 222 g/mol. The minimum Gasteiger partial charge on any atom is -0.413 e. The van der Waals surface area contributed by atoms with E-state index in [1.165, 1.54) is 0 Å². The summed E-state index contributed by atoms with van der Waals surface area (Å²) in [6, 6.07) is 3.89. The van der Waals surface area contributed by atoms with Crippen molar-refractivity contribution in [2.24, 2.45) is 5.41 Å². The number of hydrogen-bond donors (Lipinski definition) is 0. The van der Waals surface area contributed by atoms with Gasteiger partial charge in [-0.3, -0.25) is 4.98 Å². The molecule has 2 nitrogen and oxygen atoms in total. The van der Waals surface area contributed by atoms with Gasteiger partial charge < -0.3 is 4.43 Å². The highest BCUT2D eigenvalue weighted by atomic mass is 28.3. The van der Waals surface area contributed by atoms with E-state index in [-0.39, 0.29) is 11.5 Å². The van der Waals surface area contributed by atoms with Crippen LogP contribution in [0.15, 0.2) is 18.3 Å². The zero-order valence-corrected chi connectivity index (χ0v) is 11.4. The highest BCUT2D eigenvalue weighted by molar-refractivity contribution is 6.48. The first-order chi connectivity index (χ1) is 6.91. The third kappa shape index (κ3) is 3.76. The van der Waals surface area contributed by atoms with Crippen molar-refractivity contribution < 1.29 is 4.43 Å². The molecule has 0 aliphatic carbocycles. The van der Waals surface area contributed by atoms with Crippen molar-refractivity contribution in [1.29, 1.82) is 0 Å². The summed E-state index contributed by atoms with van der Waals surface area (Å²) in [5.74, 6) is 0. The molecule has 1 radical (unpaired) electrons. The predicted octanol–water partition coefficient (Wildman–Crippen LogP) is 2.97. The Balaban J connectivity index is 2.92. The average Bonchev–Trinajstić information content (AvgIpc) is 2.14. The normalized spacial score (nSPS) is 14.3. The highest BCUT2D eigenvalue weighted by Gasteiger charge is 2.27. The Bertz CT molecular complexity index is 292. The Morgan fingerprint density at radius 2 is 2.07 bits per heavy atom. The number of rotatable bonds is 3. The van der Waals surface area contributed by atoms with Crippen LogP contribution in [0.2, 0.25) is 13.1 Å². The van der Waals surface area contributed by atoms with Crippen LogP contribution in [0, 0.1) is 11.6 Å². The van der Waals surface area contributed by atoms with Crippen LogP contribution in [0.25, 0.3) is 0 Å². The van der Waals surface area contributed by atoms with Gasteiger partial charge >= 0.3 is 0 Å². The Kier molecular flexibility index (Phi) is 4.05. The summed E-state index contributed by atoms with van der Waals surface area (Å²) < 4.78 is 6.09. The number of hydrogen-bond acceptors (Lipinski definition) is 2. The third-order valence-electron chi connectivity index (χ3n) is 2.14. The summed E-state index contributed by atoms with van der Waals surface area (Å²) >= 11 is 0. The predicted molar refractivity (Wildman–Crippen MR) is 65.2 cm³/mol. The lowest BCUT2D eigenvalue weighted by molar-refractivity contribution is 0.0863. The quantitative estimate of drug-likeness (QED) is 0.734. The van der Waals surface area contributed by atoms with Gasteiger partial charge in [-0.05, 0) is 30.1 Å². The second-order valence-electron chi connectivity index (χ2n) is 5.15. The Morgan fingerprint density at radius 3 is 2.47 bits per heavy atom. The fourth-order valence-corrected chi connectivity index (χ4v) is 2.65. The molecule has 0 amide bonds. The van der Waals surface area contributed by atoms with Crippen LogP contribution in [-0.4, -0.2) is 14.0 Å². The molecule has 0 spiro atoms. The van der Waals surface area contributed by atoms with E-state index in [1.807, 2.05) is 18.3 Å². The van der Waals surface area contributed by atoms with Crippen LogP contribution in [-0.2, 0) is 4.43 Å². The van der Waals surface area contributed by atoms with E-state index in [2.05, 4.69) is 45.0 Å². The maximum absolute atomic E-state index is 6.09. The minimum absolute atomic E-state index is 0.111. The lowest BCUT2D eigenvalue weighted by Gasteiger charge is -2.32. The van der Waals surface area contributed by atoms with E-state index >= 15 is 0 Å². The molecule has 1 rings (SSSR count). The highest BCUT2D eigenvalue weighted by Crippen LogP contribution is 2.35. The third-order valence-corrected chi connectivity index (χ3v) is 2.95. The SMILES string of the molecule is C[SiH](C)OC(c1cc[c]nc1)C(C)(C)C. The first-order valence-corrected chi connectivity index (χ1v) is 8.17. The maximum atomic E-state index is 6.09. The molecule has 0 aromatic carbocycles. The molecule has 1 aromatic heterocycles. The van der Waals surface area contributed by atoms with Gasteiger partial charge in [0.05, 0.1) is 12.3 Å². The molecule has 0 aliphatic heterocycles. The molecule has 1 heterocycles. The van der Waals surface area contributed by atoms with Crippen molar-refractivity contribution in [3.63, 3.8) is 0 Å². The van der Waals surface area contributed by atoms with Gasteiger partial charge in [-0.15, -0.1) is 0 Å². The van der Waals surface area contributed by atoms with Crippen molar-refractivity contribution >= 4 is 9.04 Å². The summed E-state index contributed by atoms with van der Waals surface area (Å²) in [5.41, 5.74) is 1.27. The van der Waals surface area contributed by atoms with Gasteiger partial charge in [0, 0.05) is 6.20 Å². The lowest BCUT2D eigenvalue weighted by atomic mass is 9.85. The molecule has 0 fully saturated rings. The molecule has 1 unspecified atom stereocenters. The van der Waals surface area contributed by atoms with Crippen LogP contribution in [0.5, 0.6) is 0 Å². The van der Waals surface area contributed by atoms with Gasteiger partial charge in [0.25, 0.3) is 0 Å². The number of pyridine rings is 1. The molecule has 1 aromatic rings. The maximum Gasteiger partial charge on any atom is 0.171 e. The van der Waals surface area contributed by atoms with Crippen LogP contribution in [0.4, 0.5) is 0 Å². The number of aromatic nitrogens is 1. The standard InChI is InChI=1S/C12H20NOSi/c1-12(2,3)11(14-15(4)5)10-7-6-8-13-9-10/h6-7,9,11,15H,1-5H3. The molecule has 0 aliphatic rings. The van der Waals surface area contributed by atoms with Gasteiger partial charge in [-0.2, -0.15) is 0 Å². The second kappa shape index (κ2) is 4.90. The summed E-state index contributed by atoms with van der Waals surface area (Å²) in [6.07, 6.45) is 4.80. The smallest absolute Gasteiger partial charge is 0.171 e. The van der Waals surface area contributed by atoms with E-state index < -0.39 is 9.04 Å². The van der Waals surface area contributed by atoms with E-state index in [0.717, 1.165) is 5.56 Å². The monoisotopic (exact) mass is 222 g/mol. The molecule has 0 bridgehead atoms. The fraction of sp³-hybridized carbons (Fsp3) is 0.583. The molecule has 3 heteroatoms. The van der Waals surface area contributed by atoms with Crippen LogP contribution in [0.3, 0.4) is 0 Å². The largest absolute Gasteiger partial charge is 0.413 e. The molecule has 83 valence electrons. The van der Waals surface area contributed by atoms with Crippen LogP contribution >= 0.6 is 0 Å². The second-order valence-corrected chi connectivity index (χ2v) is 7.52. The van der Waals surface area contributed by atoms with Crippen molar-refractivity contribution in [2.45, 2.75) is 40.0 Å². The zero-order chi connectivity index (χ0) is 11.5. The molecule has 1 atom stereocenters. The summed E-state index contributed by atoms with van der Waals surface area (Å²) in [5, 5.41) is 0. The van der Waals surface area contributed by atoms with E-state index in [9.17, 15) is 0 Å². The Labute approximate surface area is 94.4 Å². The molecule has 0 N–H and O–H groups in total. The van der Waals surface area contributed by atoms with E-state index in [0.29, 0.717) is 0 Å². The topological polar surface area (TPSA) is 22.1 Å². The molecule has 0 saturated carbocycles. The lowest BCUT2D eigenvalue weighted by Crippen LogP contribution is -2.25. The number of nitrogens with zero attached hydrogens (tertiary/aromatic N) is 1. The Morgan fingerprint density at radius 1 is 1.40 bits per heavy atom. The van der Waals surface area contributed by atoms with Crippen molar-refractivity contribution in [2.75, 3.05) is 0 Å². The summed E-state index contributed by atoms with van der Waals surface area (Å²) in [6.45, 7) is 11.0. The van der Waals surface area contributed by atoms with Crippen molar-refractivity contribution in [3.05, 3.63) is 30.1 Å². The summed E-state index contributed by atoms with van der Waals surface area (Å²) in [7, 11) is -1.04. The molecule has 15 heavy (non-hydrogen) atoms. The van der Waals surface area contributed by atoms with E-state index in [4.69, 9.17) is 4.43 Å². The van der Waals surface area contributed by atoms with Gasteiger partial charge in [0.15, 0.2) is 9.04 Å². The first-order valence-electron chi connectivity index (χ1n) is 5.38. The van der Waals surface area contributed by atoms with E-state index in [1.54, 1.807) is 0 Å².